The number of amidine groups is 1. The van der Waals surface area contributed by atoms with Crippen LogP contribution in [0.4, 0.5) is 13.2 Å². The number of amides is 1. The van der Waals surface area contributed by atoms with E-state index in [-0.39, 0.29) is 16.7 Å². The number of ether oxygens (including phenoxy) is 2. The number of halogens is 3. The standard InChI is InChI=1S/C21H16F3N3O4S/c1-30-18(28)10-17-19(29)26-20(32-17)27-25-11-13-5-7-16(8-6-13)31-12-14-3-2-4-15(9-14)21(22,23)24/h2-11H,12H2,1H3,(H,26,27,29)/b17-10+,25-11?. The van der Waals surface area contributed by atoms with E-state index in [0.717, 1.165) is 30.0 Å². The minimum absolute atomic E-state index is 0.0106. The summed E-state index contributed by atoms with van der Waals surface area (Å²) in [5.74, 6) is -0.651. The number of hydrogen-bond donors (Lipinski definition) is 1. The van der Waals surface area contributed by atoms with Crippen molar-refractivity contribution in [3.05, 3.63) is 76.2 Å². The predicted molar refractivity (Wildman–Crippen MR) is 113 cm³/mol. The van der Waals surface area contributed by atoms with Crippen molar-refractivity contribution in [2.45, 2.75) is 12.8 Å². The van der Waals surface area contributed by atoms with E-state index in [4.69, 9.17) is 4.74 Å². The first kappa shape index (κ1) is 23.1. The molecule has 7 nitrogen and oxygen atoms in total. The van der Waals surface area contributed by atoms with Gasteiger partial charge in [0.1, 0.15) is 12.4 Å². The minimum atomic E-state index is -4.40. The van der Waals surface area contributed by atoms with Crippen LogP contribution in [0.2, 0.25) is 0 Å². The van der Waals surface area contributed by atoms with Gasteiger partial charge in [0, 0.05) is 6.08 Å². The maximum atomic E-state index is 12.8. The van der Waals surface area contributed by atoms with Crippen molar-refractivity contribution in [1.29, 1.82) is 0 Å². The lowest BCUT2D eigenvalue weighted by molar-refractivity contribution is -0.137. The van der Waals surface area contributed by atoms with Crippen LogP contribution in [0.5, 0.6) is 5.75 Å². The molecule has 166 valence electrons. The van der Waals surface area contributed by atoms with Gasteiger partial charge < -0.3 is 9.47 Å². The Bertz CT molecular complexity index is 1100. The summed E-state index contributed by atoms with van der Waals surface area (Å²) in [7, 11) is 1.21. The van der Waals surface area contributed by atoms with E-state index >= 15 is 0 Å². The number of alkyl halides is 3. The van der Waals surface area contributed by atoms with Gasteiger partial charge in [0.05, 0.1) is 23.8 Å². The zero-order chi connectivity index (χ0) is 23.1. The number of nitrogens with zero attached hydrogens (tertiary/aromatic N) is 2. The molecule has 1 N–H and O–H groups in total. The molecular formula is C21H16F3N3O4S. The number of hydrogen-bond acceptors (Lipinski definition) is 7. The highest BCUT2D eigenvalue weighted by Crippen LogP contribution is 2.29. The first-order valence-electron chi connectivity index (χ1n) is 9.03. The summed E-state index contributed by atoms with van der Waals surface area (Å²) >= 11 is 0.952. The maximum Gasteiger partial charge on any atom is 0.416 e. The van der Waals surface area contributed by atoms with Crippen LogP contribution in [0, 0.1) is 0 Å². The summed E-state index contributed by atoms with van der Waals surface area (Å²) in [5, 5.41) is 10.4. The third-order valence-corrected chi connectivity index (χ3v) is 4.90. The Kier molecular flexibility index (Phi) is 7.31. The molecule has 1 aliphatic heterocycles. The highest BCUT2D eigenvalue weighted by atomic mass is 32.2. The lowest BCUT2D eigenvalue weighted by Gasteiger charge is -2.10. The number of carbonyl (C=O) groups excluding carboxylic acids is 2. The largest absolute Gasteiger partial charge is 0.489 e. The molecule has 1 heterocycles. The van der Waals surface area contributed by atoms with Gasteiger partial charge in [-0.1, -0.05) is 12.1 Å². The fourth-order valence-corrected chi connectivity index (χ4v) is 3.18. The van der Waals surface area contributed by atoms with Crippen molar-refractivity contribution in [3.63, 3.8) is 0 Å². The summed E-state index contributed by atoms with van der Waals surface area (Å²) < 4.78 is 48.3. The Morgan fingerprint density at radius 1 is 1.19 bits per heavy atom. The molecule has 2 aromatic carbocycles. The lowest BCUT2D eigenvalue weighted by Crippen LogP contribution is -2.19. The Labute approximate surface area is 185 Å². The van der Waals surface area contributed by atoms with E-state index in [1.807, 2.05) is 0 Å². The smallest absolute Gasteiger partial charge is 0.416 e. The van der Waals surface area contributed by atoms with Gasteiger partial charge in [-0.3, -0.25) is 10.1 Å². The quantitative estimate of drug-likeness (QED) is 0.304. The van der Waals surface area contributed by atoms with E-state index in [2.05, 4.69) is 20.3 Å². The lowest BCUT2D eigenvalue weighted by atomic mass is 10.1. The molecule has 1 aliphatic rings. The third-order valence-electron chi connectivity index (χ3n) is 4.00. The summed E-state index contributed by atoms with van der Waals surface area (Å²) in [4.78, 5) is 23.1. The Morgan fingerprint density at radius 3 is 2.62 bits per heavy atom. The molecule has 1 saturated heterocycles. The zero-order valence-electron chi connectivity index (χ0n) is 16.6. The highest BCUT2D eigenvalue weighted by Gasteiger charge is 2.30. The second-order valence-electron chi connectivity index (χ2n) is 6.29. The second-order valence-corrected chi connectivity index (χ2v) is 7.32. The molecule has 0 radical (unpaired) electrons. The van der Waals surface area contributed by atoms with E-state index in [9.17, 15) is 22.8 Å². The monoisotopic (exact) mass is 463 g/mol. The molecule has 0 aliphatic carbocycles. The van der Waals surface area contributed by atoms with Crippen LogP contribution >= 0.6 is 11.8 Å². The summed E-state index contributed by atoms with van der Waals surface area (Å²) in [6.45, 7) is -0.0106. The van der Waals surface area contributed by atoms with Gasteiger partial charge >= 0.3 is 12.1 Å². The topological polar surface area (TPSA) is 89.3 Å². The first-order chi connectivity index (χ1) is 15.2. The maximum absolute atomic E-state index is 12.8. The normalized spacial score (nSPS) is 16.6. The third kappa shape index (κ3) is 6.45. The predicted octanol–water partition coefficient (Wildman–Crippen LogP) is 3.89. The molecule has 3 rings (SSSR count). The number of esters is 1. The van der Waals surface area contributed by atoms with Crippen LogP contribution in [-0.2, 0) is 27.1 Å². The van der Waals surface area contributed by atoms with Crippen molar-refractivity contribution in [1.82, 2.24) is 5.32 Å². The Morgan fingerprint density at radius 2 is 1.94 bits per heavy atom. The molecule has 0 bridgehead atoms. The number of benzene rings is 2. The molecule has 32 heavy (non-hydrogen) atoms. The summed E-state index contributed by atoms with van der Waals surface area (Å²) in [6, 6.07) is 11.6. The molecule has 1 fully saturated rings. The molecule has 0 aromatic heterocycles. The van der Waals surface area contributed by atoms with E-state index < -0.39 is 23.6 Å². The number of rotatable bonds is 6. The molecule has 1 amide bonds. The zero-order valence-corrected chi connectivity index (χ0v) is 17.4. The molecule has 2 aromatic rings. The summed E-state index contributed by atoms with van der Waals surface area (Å²) in [6.07, 6.45) is -1.90. The van der Waals surface area contributed by atoms with E-state index in [1.165, 1.54) is 19.4 Å². The van der Waals surface area contributed by atoms with Crippen molar-refractivity contribution in [3.8, 4) is 5.75 Å². The van der Waals surface area contributed by atoms with E-state index in [0.29, 0.717) is 16.9 Å². The number of thioether (sulfide) groups is 1. The van der Waals surface area contributed by atoms with Crippen LogP contribution in [-0.4, -0.2) is 30.4 Å². The number of carbonyl (C=O) groups is 2. The summed E-state index contributed by atoms with van der Waals surface area (Å²) in [5.41, 5.74) is 0.356. The molecular weight excluding hydrogens is 447 g/mol. The van der Waals surface area contributed by atoms with Crippen molar-refractivity contribution in [2.75, 3.05) is 7.11 Å². The van der Waals surface area contributed by atoms with Gasteiger partial charge in [0.25, 0.3) is 5.91 Å². The average Bonchev–Trinajstić information content (AvgIpc) is 3.11. The fourth-order valence-electron chi connectivity index (χ4n) is 2.44. The van der Waals surface area contributed by atoms with Gasteiger partial charge in [-0.05, 0) is 59.3 Å². The Hall–Kier alpha value is -3.60. The highest BCUT2D eigenvalue weighted by molar-refractivity contribution is 8.18. The minimum Gasteiger partial charge on any atom is -0.489 e. The van der Waals surface area contributed by atoms with Gasteiger partial charge in [0.15, 0.2) is 5.17 Å². The molecule has 0 spiro atoms. The van der Waals surface area contributed by atoms with E-state index in [1.54, 1.807) is 30.3 Å². The SMILES string of the molecule is COC(=O)/C=C1/S/C(=N\N=Cc2ccc(OCc3cccc(C(F)(F)F)c3)cc2)NC1=O. The van der Waals surface area contributed by atoms with Crippen LogP contribution in [0.15, 0.2) is 69.7 Å². The number of methoxy groups -OCH3 is 1. The van der Waals surface area contributed by atoms with Gasteiger partial charge in [-0.25, -0.2) is 4.79 Å². The van der Waals surface area contributed by atoms with Crippen LogP contribution < -0.4 is 10.1 Å². The van der Waals surface area contributed by atoms with Crippen LogP contribution in [0.1, 0.15) is 16.7 Å². The molecule has 0 unspecified atom stereocenters. The van der Waals surface area contributed by atoms with Crippen molar-refractivity contribution in [2.24, 2.45) is 10.2 Å². The van der Waals surface area contributed by atoms with Gasteiger partial charge in [-0.15, -0.1) is 5.10 Å². The van der Waals surface area contributed by atoms with Crippen LogP contribution in [0.25, 0.3) is 0 Å². The van der Waals surface area contributed by atoms with Crippen molar-refractivity contribution >= 4 is 35.0 Å². The van der Waals surface area contributed by atoms with Gasteiger partial charge in [0.2, 0.25) is 0 Å². The Balaban J connectivity index is 1.56. The first-order valence-corrected chi connectivity index (χ1v) is 9.85. The average molecular weight is 463 g/mol. The molecule has 0 atom stereocenters. The molecule has 11 heteroatoms. The van der Waals surface area contributed by atoms with Gasteiger partial charge in [-0.2, -0.15) is 18.3 Å². The van der Waals surface area contributed by atoms with Crippen molar-refractivity contribution < 1.29 is 32.2 Å². The molecule has 0 saturated carbocycles. The van der Waals surface area contributed by atoms with Crippen LogP contribution in [0.3, 0.4) is 0 Å². The number of nitrogens with one attached hydrogen (secondary N) is 1. The second kappa shape index (κ2) is 10.1. The fraction of sp³-hybridized carbons (Fsp3) is 0.143.